The third kappa shape index (κ3) is 4.63. The summed E-state index contributed by atoms with van der Waals surface area (Å²) in [6.45, 7) is 4.89. The molecule has 0 aromatic carbocycles. The van der Waals surface area contributed by atoms with Crippen LogP contribution in [-0.4, -0.2) is 41.6 Å². The van der Waals surface area contributed by atoms with E-state index in [1.54, 1.807) is 6.26 Å². The van der Waals surface area contributed by atoms with Gasteiger partial charge in [0.25, 0.3) is 6.48 Å². The molecular formula is C12H22O5. The van der Waals surface area contributed by atoms with E-state index < -0.39 is 6.48 Å². The number of rotatable bonds is 6. The molecule has 1 unspecified atom stereocenters. The van der Waals surface area contributed by atoms with E-state index in [0.29, 0.717) is 13.0 Å². The molecule has 1 fully saturated rings. The first-order chi connectivity index (χ1) is 8.04. The van der Waals surface area contributed by atoms with Gasteiger partial charge in [-0.25, -0.2) is 0 Å². The summed E-state index contributed by atoms with van der Waals surface area (Å²) >= 11 is 0. The van der Waals surface area contributed by atoms with Gasteiger partial charge in [-0.3, -0.25) is 0 Å². The molecule has 5 nitrogen and oxygen atoms in total. The first kappa shape index (κ1) is 14.4. The lowest BCUT2D eigenvalue weighted by Gasteiger charge is -2.17. The maximum absolute atomic E-state index is 9.55. The summed E-state index contributed by atoms with van der Waals surface area (Å²) in [5.41, 5.74) is 0. The van der Waals surface area contributed by atoms with Gasteiger partial charge in [0.15, 0.2) is 0 Å². The van der Waals surface area contributed by atoms with E-state index in [1.165, 1.54) is 0 Å². The van der Waals surface area contributed by atoms with E-state index in [2.05, 4.69) is 0 Å². The lowest BCUT2D eigenvalue weighted by molar-refractivity contribution is -0.210. The Morgan fingerprint density at radius 2 is 2.18 bits per heavy atom. The Morgan fingerprint density at radius 3 is 2.71 bits per heavy atom. The zero-order valence-corrected chi connectivity index (χ0v) is 10.6. The van der Waals surface area contributed by atoms with E-state index in [-0.39, 0.29) is 24.2 Å². The highest BCUT2D eigenvalue weighted by Crippen LogP contribution is 2.15. The number of ether oxygens (including phenoxy) is 3. The van der Waals surface area contributed by atoms with Crippen LogP contribution >= 0.6 is 0 Å². The van der Waals surface area contributed by atoms with Crippen LogP contribution in [0.15, 0.2) is 12.3 Å². The summed E-state index contributed by atoms with van der Waals surface area (Å²) in [5.74, 6) is 0.0542. The molecule has 0 radical (unpaired) electrons. The van der Waals surface area contributed by atoms with Crippen LogP contribution in [0.3, 0.4) is 0 Å². The highest BCUT2D eigenvalue weighted by Gasteiger charge is 2.29. The molecule has 0 spiro atoms. The maximum Gasteiger partial charge on any atom is 0.269 e. The van der Waals surface area contributed by atoms with Crippen molar-refractivity contribution in [3.05, 3.63) is 12.3 Å². The Hall–Kier alpha value is -0.620. The van der Waals surface area contributed by atoms with Crippen LogP contribution in [-0.2, 0) is 14.2 Å². The molecular weight excluding hydrogens is 224 g/mol. The van der Waals surface area contributed by atoms with Crippen LogP contribution < -0.4 is 0 Å². The Kier molecular flexibility index (Phi) is 5.91. The van der Waals surface area contributed by atoms with E-state index in [4.69, 9.17) is 19.3 Å². The van der Waals surface area contributed by atoms with E-state index >= 15 is 0 Å². The van der Waals surface area contributed by atoms with Gasteiger partial charge in [-0.1, -0.05) is 13.8 Å². The minimum Gasteiger partial charge on any atom is -0.496 e. The van der Waals surface area contributed by atoms with Gasteiger partial charge < -0.3 is 24.4 Å². The standard InChI is InChI=1S/C12H22O5/c1-4-10(13)8(2)5-6-15-9(3)11-7-16-12(14)17-11/h5-6,8-14H,4,7H2,1-3H3/b6-5-/t8-,9-,10?,11+,12+/m0/s1. The van der Waals surface area contributed by atoms with Gasteiger partial charge in [0.2, 0.25) is 0 Å². The molecule has 0 saturated carbocycles. The first-order valence-electron chi connectivity index (χ1n) is 6.00. The largest absolute Gasteiger partial charge is 0.496 e. The molecule has 1 saturated heterocycles. The quantitative estimate of drug-likeness (QED) is 0.684. The smallest absolute Gasteiger partial charge is 0.269 e. The third-order valence-corrected chi connectivity index (χ3v) is 2.92. The second kappa shape index (κ2) is 6.96. The fourth-order valence-corrected chi connectivity index (χ4v) is 1.53. The van der Waals surface area contributed by atoms with Crippen LogP contribution in [0.2, 0.25) is 0 Å². The maximum atomic E-state index is 9.55. The predicted octanol–water partition coefficient (Wildman–Crippen LogP) is 1.00. The van der Waals surface area contributed by atoms with Gasteiger partial charge >= 0.3 is 0 Å². The molecule has 0 aromatic rings. The van der Waals surface area contributed by atoms with E-state index in [9.17, 15) is 5.11 Å². The Bertz CT molecular complexity index is 243. The molecule has 1 heterocycles. The molecule has 5 atom stereocenters. The summed E-state index contributed by atoms with van der Waals surface area (Å²) < 4.78 is 15.4. The molecule has 0 aromatic heterocycles. The highest BCUT2D eigenvalue weighted by molar-refractivity contribution is 4.85. The average Bonchev–Trinajstić information content (AvgIpc) is 2.74. The summed E-state index contributed by atoms with van der Waals surface area (Å²) in [4.78, 5) is 0. The fraction of sp³-hybridized carbons (Fsp3) is 0.833. The van der Waals surface area contributed by atoms with Crippen molar-refractivity contribution in [2.75, 3.05) is 6.61 Å². The highest BCUT2D eigenvalue weighted by atomic mass is 16.8. The van der Waals surface area contributed by atoms with Crippen LogP contribution in [0.1, 0.15) is 27.2 Å². The van der Waals surface area contributed by atoms with Crippen molar-refractivity contribution in [3.8, 4) is 0 Å². The summed E-state index contributed by atoms with van der Waals surface area (Å²) in [6.07, 6.45) is 3.29. The number of aliphatic hydroxyl groups is 2. The van der Waals surface area contributed by atoms with Crippen molar-refractivity contribution in [3.63, 3.8) is 0 Å². The van der Waals surface area contributed by atoms with Crippen molar-refractivity contribution >= 4 is 0 Å². The lowest BCUT2D eigenvalue weighted by Crippen LogP contribution is -2.27. The second-order valence-electron chi connectivity index (χ2n) is 4.32. The van der Waals surface area contributed by atoms with Crippen LogP contribution in [0.25, 0.3) is 0 Å². The molecule has 2 N–H and O–H groups in total. The molecule has 0 bridgehead atoms. The molecule has 1 aliphatic heterocycles. The third-order valence-electron chi connectivity index (χ3n) is 2.92. The number of hydrogen-bond acceptors (Lipinski definition) is 5. The normalized spacial score (nSPS) is 30.4. The molecule has 17 heavy (non-hydrogen) atoms. The van der Waals surface area contributed by atoms with E-state index in [0.717, 1.165) is 0 Å². The average molecular weight is 246 g/mol. The zero-order valence-electron chi connectivity index (χ0n) is 10.6. The zero-order chi connectivity index (χ0) is 12.8. The SMILES string of the molecule is CCC(O)[C@@H](C)/C=C\O[C@@H](C)[C@H]1CO[C@@H](O)O1. The Morgan fingerprint density at radius 1 is 1.47 bits per heavy atom. The summed E-state index contributed by atoms with van der Waals surface area (Å²) in [7, 11) is 0. The molecule has 0 aliphatic carbocycles. The topological polar surface area (TPSA) is 68.2 Å². The Balaban J connectivity index is 2.27. The predicted molar refractivity (Wildman–Crippen MR) is 62.0 cm³/mol. The molecule has 5 heteroatoms. The number of aliphatic hydroxyl groups excluding tert-OH is 2. The lowest BCUT2D eigenvalue weighted by atomic mass is 10.0. The van der Waals surface area contributed by atoms with Gasteiger partial charge in [-0.05, 0) is 19.4 Å². The minimum absolute atomic E-state index is 0.0542. The first-order valence-corrected chi connectivity index (χ1v) is 6.00. The van der Waals surface area contributed by atoms with Crippen LogP contribution in [0.4, 0.5) is 0 Å². The molecule has 0 amide bonds. The van der Waals surface area contributed by atoms with Crippen molar-refractivity contribution in [2.24, 2.45) is 5.92 Å². The van der Waals surface area contributed by atoms with Crippen molar-refractivity contribution < 1.29 is 24.4 Å². The minimum atomic E-state index is -1.14. The molecule has 1 rings (SSSR count). The summed E-state index contributed by atoms with van der Waals surface area (Å²) in [5, 5.41) is 18.6. The van der Waals surface area contributed by atoms with Gasteiger partial charge in [0.05, 0.1) is 19.0 Å². The number of hydrogen-bond donors (Lipinski definition) is 2. The van der Waals surface area contributed by atoms with Crippen molar-refractivity contribution in [1.29, 1.82) is 0 Å². The van der Waals surface area contributed by atoms with Crippen LogP contribution in [0.5, 0.6) is 0 Å². The van der Waals surface area contributed by atoms with Gasteiger partial charge in [0, 0.05) is 5.92 Å². The van der Waals surface area contributed by atoms with Crippen molar-refractivity contribution in [1.82, 2.24) is 0 Å². The molecule has 100 valence electrons. The van der Waals surface area contributed by atoms with Gasteiger partial charge in [0.1, 0.15) is 12.2 Å². The van der Waals surface area contributed by atoms with Gasteiger partial charge in [-0.15, -0.1) is 0 Å². The molecule has 1 aliphatic rings. The summed E-state index contributed by atoms with van der Waals surface area (Å²) in [6, 6.07) is 0. The Labute approximate surface area is 102 Å². The second-order valence-corrected chi connectivity index (χ2v) is 4.32. The van der Waals surface area contributed by atoms with Crippen molar-refractivity contribution in [2.45, 2.75) is 52.0 Å². The van der Waals surface area contributed by atoms with Gasteiger partial charge in [-0.2, -0.15) is 0 Å². The fourth-order valence-electron chi connectivity index (χ4n) is 1.53. The van der Waals surface area contributed by atoms with E-state index in [1.807, 2.05) is 26.8 Å². The monoisotopic (exact) mass is 246 g/mol. The van der Waals surface area contributed by atoms with Crippen LogP contribution in [0, 0.1) is 5.92 Å².